The van der Waals surface area contributed by atoms with E-state index in [1.54, 1.807) is 24.3 Å². The number of carboxylic acid groups (broad SMARTS) is 1. The number of ketones is 1. The number of anilines is 3. The Balaban J connectivity index is 1.74. The van der Waals surface area contributed by atoms with Crippen LogP contribution in [0.1, 0.15) is 58.5 Å². The summed E-state index contributed by atoms with van der Waals surface area (Å²) in [6.45, 7) is 7.08. The number of nitrogens with zero attached hydrogens (tertiary/aromatic N) is 2. The van der Waals surface area contributed by atoms with Gasteiger partial charge in [-0.05, 0) is 68.1 Å². The van der Waals surface area contributed by atoms with E-state index in [1.165, 1.54) is 34.1 Å². The molecule has 10 heteroatoms. The van der Waals surface area contributed by atoms with E-state index in [-0.39, 0.29) is 41.9 Å². The molecule has 0 saturated heterocycles. The normalized spacial score (nSPS) is 14.6. The number of rotatable bonds is 9. The van der Waals surface area contributed by atoms with Crippen LogP contribution in [0.15, 0.2) is 66.7 Å². The fourth-order valence-corrected chi connectivity index (χ4v) is 5.25. The molecule has 0 spiro atoms. The number of fused-ring (bicyclic) bond motifs is 1. The highest BCUT2D eigenvalue weighted by Gasteiger charge is 2.39. The number of carbonyl (C=O) groups is 5. The molecular weight excluding hydrogens is 548 g/mol. The standard InChI is InChI=1S/C33H36N4O6/c1-5-22(6-2)30(39)36-18-26(35-33(43)34-24-12-9-11-23(17-24)32(41)42)31(40)37(28-16-20(3)14-15-27(28)36)19-29(38)25-13-8-7-10-21(25)4/h7-17,22,26H,5-6,18-19H2,1-4H3,(H,41,42)(H2,34,35,43). The molecule has 1 aliphatic heterocycles. The van der Waals surface area contributed by atoms with E-state index in [9.17, 15) is 29.1 Å². The second kappa shape index (κ2) is 13.3. The van der Waals surface area contributed by atoms with Gasteiger partial charge in [-0.3, -0.25) is 14.4 Å². The van der Waals surface area contributed by atoms with Gasteiger partial charge in [0.05, 0.1) is 30.0 Å². The first-order chi connectivity index (χ1) is 20.5. The topological polar surface area (TPSA) is 136 Å². The van der Waals surface area contributed by atoms with Crippen LogP contribution >= 0.6 is 0 Å². The molecule has 0 radical (unpaired) electrons. The van der Waals surface area contributed by atoms with Gasteiger partial charge >= 0.3 is 12.0 Å². The maximum atomic E-state index is 14.2. The SMILES string of the molecule is CCC(CC)C(=O)N1CC(NC(=O)Nc2cccc(C(=O)O)c2)C(=O)N(CC(=O)c2ccccc2C)c2cc(C)ccc21. The molecule has 224 valence electrons. The fraction of sp³-hybridized carbons (Fsp3) is 0.303. The largest absolute Gasteiger partial charge is 0.478 e. The van der Waals surface area contributed by atoms with Gasteiger partial charge in [0.1, 0.15) is 6.04 Å². The van der Waals surface area contributed by atoms with Gasteiger partial charge in [0.2, 0.25) is 5.91 Å². The Hall–Kier alpha value is -4.99. The van der Waals surface area contributed by atoms with E-state index in [4.69, 9.17) is 0 Å². The Labute approximate surface area is 250 Å². The molecule has 3 aromatic carbocycles. The molecule has 43 heavy (non-hydrogen) atoms. The minimum Gasteiger partial charge on any atom is -0.478 e. The molecule has 0 bridgehead atoms. The fourth-order valence-electron chi connectivity index (χ4n) is 5.25. The lowest BCUT2D eigenvalue weighted by atomic mass is 10.0. The summed E-state index contributed by atoms with van der Waals surface area (Å²) in [5, 5.41) is 14.6. The molecule has 3 N–H and O–H groups in total. The number of carboxylic acids is 1. The van der Waals surface area contributed by atoms with Crippen molar-refractivity contribution in [3.8, 4) is 0 Å². The monoisotopic (exact) mass is 584 g/mol. The van der Waals surface area contributed by atoms with Crippen molar-refractivity contribution in [1.29, 1.82) is 0 Å². The van der Waals surface area contributed by atoms with Gasteiger partial charge in [-0.1, -0.05) is 50.2 Å². The number of urea groups is 1. The quantitative estimate of drug-likeness (QED) is 0.296. The van der Waals surface area contributed by atoms with Crippen molar-refractivity contribution in [2.75, 3.05) is 28.2 Å². The predicted molar refractivity (Wildman–Crippen MR) is 165 cm³/mol. The van der Waals surface area contributed by atoms with Gasteiger partial charge in [-0.25, -0.2) is 9.59 Å². The molecule has 1 aliphatic rings. The first kappa shape index (κ1) is 31.0. The lowest BCUT2D eigenvalue weighted by Crippen LogP contribution is -2.55. The number of Topliss-reactive ketones (excluding diaryl/α,β-unsaturated/α-hetero) is 1. The zero-order valence-electron chi connectivity index (χ0n) is 24.7. The molecule has 4 rings (SSSR count). The molecule has 1 heterocycles. The highest BCUT2D eigenvalue weighted by molar-refractivity contribution is 6.13. The zero-order valence-corrected chi connectivity index (χ0v) is 24.7. The average molecular weight is 585 g/mol. The van der Waals surface area contributed by atoms with Crippen molar-refractivity contribution >= 4 is 46.7 Å². The second-order valence-electron chi connectivity index (χ2n) is 10.7. The highest BCUT2D eigenvalue weighted by Crippen LogP contribution is 2.36. The van der Waals surface area contributed by atoms with Crippen molar-refractivity contribution in [3.63, 3.8) is 0 Å². The lowest BCUT2D eigenvalue weighted by molar-refractivity contribution is -0.123. The third kappa shape index (κ3) is 6.91. The number of aromatic carboxylic acids is 1. The summed E-state index contributed by atoms with van der Waals surface area (Å²) in [6, 6.07) is 16.2. The van der Waals surface area contributed by atoms with Gasteiger partial charge < -0.3 is 25.5 Å². The smallest absolute Gasteiger partial charge is 0.335 e. The van der Waals surface area contributed by atoms with Crippen LogP contribution in [-0.4, -0.2) is 53.8 Å². The average Bonchev–Trinajstić information content (AvgIpc) is 3.08. The van der Waals surface area contributed by atoms with E-state index < -0.39 is 23.9 Å². The van der Waals surface area contributed by atoms with Gasteiger partial charge in [-0.15, -0.1) is 0 Å². The van der Waals surface area contributed by atoms with Crippen LogP contribution in [0.2, 0.25) is 0 Å². The van der Waals surface area contributed by atoms with Gasteiger partial charge in [0.25, 0.3) is 5.91 Å². The highest BCUT2D eigenvalue weighted by atomic mass is 16.4. The Morgan fingerprint density at radius 1 is 0.930 bits per heavy atom. The van der Waals surface area contributed by atoms with Gasteiger partial charge in [0, 0.05) is 17.2 Å². The van der Waals surface area contributed by atoms with Crippen LogP contribution in [0, 0.1) is 19.8 Å². The third-order valence-corrected chi connectivity index (χ3v) is 7.66. The first-order valence-corrected chi connectivity index (χ1v) is 14.3. The Morgan fingerprint density at radius 3 is 2.33 bits per heavy atom. The van der Waals surface area contributed by atoms with Crippen molar-refractivity contribution in [3.05, 3.63) is 89.0 Å². The third-order valence-electron chi connectivity index (χ3n) is 7.66. The van der Waals surface area contributed by atoms with Crippen LogP contribution in [-0.2, 0) is 9.59 Å². The molecule has 0 aliphatic carbocycles. The number of benzene rings is 3. The van der Waals surface area contributed by atoms with E-state index in [0.29, 0.717) is 29.8 Å². The van der Waals surface area contributed by atoms with Crippen molar-refractivity contribution in [2.45, 2.75) is 46.6 Å². The van der Waals surface area contributed by atoms with Gasteiger partial charge in [-0.2, -0.15) is 0 Å². The minimum atomic E-state index is -1.21. The molecule has 0 saturated carbocycles. The number of nitrogens with one attached hydrogen (secondary N) is 2. The van der Waals surface area contributed by atoms with Crippen molar-refractivity contribution < 1.29 is 29.1 Å². The molecule has 0 aromatic heterocycles. The van der Waals surface area contributed by atoms with Crippen LogP contribution < -0.4 is 20.4 Å². The summed E-state index contributed by atoms with van der Waals surface area (Å²) in [5.74, 6) is -2.48. The molecule has 1 atom stereocenters. The summed E-state index contributed by atoms with van der Waals surface area (Å²) < 4.78 is 0. The maximum Gasteiger partial charge on any atom is 0.335 e. The minimum absolute atomic E-state index is 0.0167. The Bertz CT molecular complexity index is 1560. The predicted octanol–water partition coefficient (Wildman–Crippen LogP) is 5.19. The zero-order chi connectivity index (χ0) is 31.3. The Kier molecular flexibility index (Phi) is 9.59. The number of hydrogen-bond donors (Lipinski definition) is 3. The second-order valence-corrected chi connectivity index (χ2v) is 10.7. The lowest BCUT2D eigenvalue weighted by Gasteiger charge is -2.28. The summed E-state index contributed by atoms with van der Waals surface area (Å²) in [7, 11) is 0. The van der Waals surface area contributed by atoms with E-state index >= 15 is 0 Å². The number of hydrogen-bond acceptors (Lipinski definition) is 5. The summed E-state index contributed by atoms with van der Waals surface area (Å²) >= 11 is 0. The van der Waals surface area contributed by atoms with Crippen molar-refractivity contribution in [1.82, 2.24) is 5.32 Å². The van der Waals surface area contributed by atoms with E-state index in [0.717, 1.165) is 11.1 Å². The van der Waals surface area contributed by atoms with Crippen LogP contribution in [0.25, 0.3) is 0 Å². The number of carbonyl (C=O) groups excluding carboxylic acids is 4. The summed E-state index contributed by atoms with van der Waals surface area (Å²) in [6.07, 6.45) is 1.18. The molecule has 0 fully saturated rings. The molecular formula is C33H36N4O6. The first-order valence-electron chi connectivity index (χ1n) is 14.3. The molecule has 10 nitrogen and oxygen atoms in total. The van der Waals surface area contributed by atoms with Crippen molar-refractivity contribution in [2.24, 2.45) is 5.92 Å². The molecule has 3 aromatic rings. The Morgan fingerprint density at radius 2 is 1.65 bits per heavy atom. The maximum absolute atomic E-state index is 14.2. The van der Waals surface area contributed by atoms with E-state index in [2.05, 4.69) is 10.6 Å². The molecule has 4 amide bonds. The summed E-state index contributed by atoms with van der Waals surface area (Å²) in [5.41, 5.74) is 3.15. The number of aryl methyl sites for hydroxylation is 2. The molecule has 1 unspecified atom stereocenters. The van der Waals surface area contributed by atoms with Gasteiger partial charge in [0.15, 0.2) is 5.78 Å². The van der Waals surface area contributed by atoms with E-state index in [1.807, 2.05) is 45.9 Å². The van der Waals surface area contributed by atoms with Crippen LogP contribution in [0.3, 0.4) is 0 Å². The van der Waals surface area contributed by atoms with Crippen LogP contribution in [0.4, 0.5) is 21.9 Å². The number of amides is 4. The summed E-state index contributed by atoms with van der Waals surface area (Å²) in [4.78, 5) is 69.0. The van der Waals surface area contributed by atoms with Crippen LogP contribution in [0.5, 0.6) is 0 Å².